The molecule has 0 fully saturated rings. The van der Waals surface area contributed by atoms with Gasteiger partial charge in [0.05, 0.1) is 15.6 Å². The van der Waals surface area contributed by atoms with Crippen molar-refractivity contribution in [2.45, 2.75) is 9.79 Å². The standard InChI is InChI=1S/C13H9NS3/c15-13(16)8-4-3-7-11-12(8)14-9-5-1-2-6-10(9)17-11/h1-7,14H,(H,15,16). The highest BCUT2D eigenvalue weighted by Crippen LogP contribution is 2.45. The van der Waals surface area contributed by atoms with Crippen molar-refractivity contribution in [3.8, 4) is 0 Å². The SMILES string of the molecule is S=C(S)c1cccc2c1Nc1ccccc1S2. The molecule has 17 heavy (non-hydrogen) atoms. The Balaban J connectivity index is 2.15. The first kappa shape index (κ1) is 11.1. The van der Waals surface area contributed by atoms with Crippen LogP contribution in [0.25, 0.3) is 0 Å². The number of fused-ring (bicyclic) bond motifs is 2. The Hall–Kier alpha value is -0.970. The van der Waals surface area contributed by atoms with Gasteiger partial charge in [0.2, 0.25) is 0 Å². The molecule has 0 saturated heterocycles. The Morgan fingerprint density at radius 2 is 1.82 bits per heavy atom. The summed E-state index contributed by atoms with van der Waals surface area (Å²) in [5, 5.41) is 3.43. The summed E-state index contributed by atoms with van der Waals surface area (Å²) in [5.74, 6) is 0. The second kappa shape index (κ2) is 4.37. The van der Waals surface area contributed by atoms with Gasteiger partial charge in [0.25, 0.3) is 0 Å². The Morgan fingerprint density at radius 1 is 1.06 bits per heavy atom. The summed E-state index contributed by atoms with van der Waals surface area (Å²) < 4.78 is 0.620. The third-order valence-electron chi connectivity index (χ3n) is 2.62. The second-order valence-electron chi connectivity index (χ2n) is 3.71. The average molecular weight is 275 g/mol. The van der Waals surface area contributed by atoms with Crippen LogP contribution in [0.1, 0.15) is 5.56 Å². The molecule has 0 aromatic heterocycles. The molecule has 2 aromatic carbocycles. The maximum atomic E-state index is 5.16. The number of hydrogen-bond acceptors (Lipinski definition) is 3. The lowest BCUT2D eigenvalue weighted by Crippen LogP contribution is -2.04. The lowest BCUT2D eigenvalue weighted by Gasteiger charge is -2.22. The summed E-state index contributed by atoms with van der Waals surface area (Å²) in [6.45, 7) is 0. The van der Waals surface area contributed by atoms with Gasteiger partial charge in [0, 0.05) is 15.4 Å². The first-order chi connectivity index (χ1) is 8.25. The summed E-state index contributed by atoms with van der Waals surface area (Å²) in [4.78, 5) is 2.43. The molecule has 0 atom stereocenters. The zero-order valence-electron chi connectivity index (χ0n) is 8.81. The maximum absolute atomic E-state index is 5.16. The van der Waals surface area contributed by atoms with E-state index in [1.54, 1.807) is 11.8 Å². The van der Waals surface area contributed by atoms with Crippen LogP contribution in [-0.4, -0.2) is 4.20 Å². The molecule has 1 aliphatic heterocycles. The van der Waals surface area contributed by atoms with Crippen LogP contribution < -0.4 is 5.32 Å². The smallest absolute Gasteiger partial charge is 0.0769 e. The van der Waals surface area contributed by atoms with E-state index in [-0.39, 0.29) is 0 Å². The van der Waals surface area contributed by atoms with E-state index in [2.05, 4.69) is 36.1 Å². The predicted octanol–water partition coefficient (Wildman–Crippen LogP) is 4.50. The molecule has 0 amide bonds. The van der Waals surface area contributed by atoms with E-state index in [4.69, 9.17) is 12.2 Å². The molecule has 1 N–H and O–H groups in total. The molecule has 0 aliphatic carbocycles. The zero-order chi connectivity index (χ0) is 11.8. The Kier molecular flexibility index (Phi) is 2.86. The van der Waals surface area contributed by atoms with Gasteiger partial charge in [-0.05, 0) is 18.2 Å². The van der Waals surface area contributed by atoms with E-state index >= 15 is 0 Å². The highest BCUT2D eigenvalue weighted by atomic mass is 32.2. The van der Waals surface area contributed by atoms with E-state index in [1.807, 2.05) is 24.3 Å². The van der Waals surface area contributed by atoms with Crippen LogP contribution in [-0.2, 0) is 0 Å². The molecule has 84 valence electrons. The number of hydrogen-bond donors (Lipinski definition) is 2. The van der Waals surface area contributed by atoms with Gasteiger partial charge in [-0.15, -0.1) is 12.6 Å². The number of thiol groups is 1. The molecule has 1 heterocycles. The van der Waals surface area contributed by atoms with Crippen LogP contribution >= 0.6 is 36.6 Å². The predicted molar refractivity (Wildman–Crippen MR) is 81.0 cm³/mol. The highest BCUT2D eigenvalue weighted by Gasteiger charge is 2.18. The monoisotopic (exact) mass is 275 g/mol. The van der Waals surface area contributed by atoms with Crippen molar-refractivity contribution in [1.29, 1.82) is 0 Å². The number of anilines is 2. The molecule has 0 unspecified atom stereocenters. The van der Waals surface area contributed by atoms with Crippen LogP contribution in [0.4, 0.5) is 11.4 Å². The Bertz CT molecular complexity index is 607. The summed E-state index contributed by atoms with van der Waals surface area (Å²) in [6.07, 6.45) is 0. The fourth-order valence-corrected chi connectivity index (χ4v) is 3.21. The van der Waals surface area contributed by atoms with Crippen molar-refractivity contribution < 1.29 is 0 Å². The molecule has 0 radical (unpaired) electrons. The minimum Gasteiger partial charge on any atom is -0.353 e. The lowest BCUT2D eigenvalue weighted by molar-refractivity contribution is 1.31. The van der Waals surface area contributed by atoms with Gasteiger partial charge in [-0.2, -0.15) is 0 Å². The summed E-state index contributed by atoms with van der Waals surface area (Å²) in [5.41, 5.74) is 3.18. The Labute approximate surface area is 115 Å². The van der Waals surface area contributed by atoms with Crippen LogP contribution in [0.5, 0.6) is 0 Å². The molecule has 3 rings (SSSR count). The number of benzene rings is 2. The normalized spacial score (nSPS) is 12.3. The van der Waals surface area contributed by atoms with E-state index in [1.165, 1.54) is 9.79 Å². The molecule has 0 bridgehead atoms. The van der Waals surface area contributed by atoms with Crippen molar-refractivity contribution in [3.05, 3.63) is 48.0 Å². The van der Waals surface area contributed by atoms with Gasteiger partial charge in [-0.1, -0.05) is 48.2 Å². The molecule has 1 nitrogen and oxygen atoms in total. The third kappa shape index (κ3) is 1.97. The van der Waals surface area contributed by atoms with Gasteiger partial charge < -0.3 is 5.32 Å². The van der Waals surface area contributed by atoms with Gasteiger partial charge in [0.15, 0.2) is 0 Å². The number of para-hydroxylation sites is 2. The molecule has 0 saturated carbocycles. The fourth-order valence-electron chi connectivity index (χ4n) is 1.84. The topological polar surface area (TPSA) is 12.0 Å². The van der Waals surface area contributed by atoms with E-state index in [9.17, 15) is 0 Å². The quantitative estimate of drug-likeness (QED) is 0.501. The van der Waals surface area contributed by atoms with Crippen LogP contribution in [0.3, 0.4) is 0 Å². The van der Waals surface area contributed by atoms with E-state index < -0.39 is 0 Å². The van der Waals surface area contributed by atoms with Crippen molar-refractivity contribution in [2.75, 3.05) is 5.32 Å². The van der Waals surface area contributed by atoms with Gasteiger partial charge in [-0.3, -0.25) is 0 Å². The molecular weight excluding hydrogens is 266 g/mol. The number of thiocarbonyl (C=S) groups is 1. The van der Waals surface area contributed by atoms with E-state index in [0.29, 0.717) is 4.20 Å². The Morgan fingerprint density at radius 3 is 2.65 bits per heavy atom. The lowest BCUT2D eigenvalue weighted by atomic mass is 10.2. The molecule has 4 heteroatoms. The average Bonchev–Trinajstić information content (AvgIpc) is 2.35. The second-order valence-corrected chi connectivity index (χ2v) is 5.95. The molecule has 1 aliphatic rings. The summed E-state index contributed by atoms with van der Waals surface area (Å²) in [7, 11) is 0. The number of rotatable bonds is 1. The van der Waals surface area contributed by atoms with Crippen LogP contribution in [0.2, 0.25) is 0 Å². The van der Waals surface area contributed by atoms with Crippen molar-refractivity contribution >= 4 is 52.2 Å². The van der Waals surface area contributed by atoms with Crippen molar-refractivity contribution in [2.24, 2.45) is 0 Å². The first-order valence-corrected chi connectivity index (χ1v) is 6.83. The van der Waals surface area contributed by atoms with Crippen molar-refractivity contribution in [1.82, 2.24) is 0 Å². The van der Waals surface area contributed by atoms with Gasteiger partial charge in [-0.25, -0.2) is 0 Å². The largest absolute Gasteiger partial charge is 0.353 e. The van der Waals surface area contributed by atoms with E-state index in [0.717, 1.165) is 16.9 Å². The summed E-state index contributed by atoms with van der Waals surface area (Å²) in [6, 6.07) is 14.4. The van der Waals surface area contributed by atoms with Crippen LogP contribution in [0.15, 0.2) is 52.3 Å². The molecular formula is C13H9NS3. The van der Waals surface area contributed by atoms with Gasteiger partial charge >= 0.3 is 0 Å². The molecule has 0 spiro atoms. The van der Waals surface area contributed by atoms with Crippen molar-refractivity contribution in [3.63, 3.8) is 0 Å². The zero-order valence-corrected chi connectivity index (χ0v) is 11.3. The van der Waals surface area contributed by atoms with Gasteiger partial charge in [0.1, 0.15) is 0 Å². The minimum absolute atomic E-state index is 0.620. The minimum atomic E-state index is 0.620. The highest BCUT2D eigenvalue weighted by molar-refractivity contribution is 8.11. The first-order valence-electron chi connectivity index (χ1n) is 5.16. The van der Waals surface area contributed by atoms with Crippen LogP contribution in [0, 0.1) is 0 Å². The third-order valence-corrected chi connectivity index (χ3v) is 4.22. The molecule has 2 aromatic rings. The maximum Gasteiger partial charge on any atom is 0.0769 e. The summed E-state index contributed by atoms with van der Waals surface area (Å²) >= 11 is 11.2. The number of nitrogens with one attached hydrogen (secondary N) is 1. The fraction of sp³-hybridized carbons (Fsp3) is 0.